The summed E-state index contributed by atoms with van der Waals surface area (Å²) in [6, 6.07) is 6.06. The smallest absolute Gasteiger partial charge is 0.225 e. The summed E-state index contributed by atoms with van der Waals surface area (Å²) >= 11 is 16.8. The van der Waals surface area contributed by atoms with E-state index in [1.54, 1.807) is 0 Å². The van der Waals surface area contributed by atoms with Crippen LogP contribution in [0.4, 0.5) is 0 Å². The number of hydrazine groups is 1. The van der Waals surface area contributed by atoms with E-state index in [2.05, 4.69) is 32.8 Å². The fraction of sp³-hybridized carbons (Fsp3) is 0.481. The van der Waals surface area contributed by atoms with Crippen LogP contribution in [0.15, 0.2) is 28.9 Å². The van der Waals surface area contributed by atoms with Gasteiger partial charge >= 0.3 is 0 Å². The topological polar surface area (TPSA) is 101 Å². The van der Waals surface area contributed by atoms with Gasteiger partial charge in [0.25, 0.3) is 0 Å². The molecule has 11 heteroatoms. The molecule has 0 radical (unpaired) electrons. The molecule has 8 nitrogen and oxygen atoms in total. The zero-order valence-corrected chi connectivity index (χ0v) is 24.1. The van der Waals surface area contributed by atoms with Crippen molar-refractivity contribution in [3.63, 3.8) is 0 Å². The molecular formula is C27H31BrCl2N6O2. The number of hydrogen-bond donors (Lipinski definition) is 3. The van der Waals surface area contributed by atoms with E-state index < -0.39 is 0 Å². The molecule has 5 rings (SSSR count). The van der Waals surface area contributed by atoms with Gasteiger partial charge in [-0.1, -0.05) is 23.2 Å². The monoisotopic (exact) mass is 620 g/mol. The minimum atomic E-state index is 0.0690. The van der Waals surface area contributed by atoms with E-state index in [9.17, 15) is 9.59 Å². The molecule has 0 spiro atoms. The lowest BCUT2D eigenvalue weighted by Crippen LogP contribution is -2.46. The van der Waals surface area contributed by atoms with Gasteiger partial charge in [0.15, 0.2) is 0 Å². The van der Waals surface area contributed by atoms with Gasteiger partial charge in [-0.3, -0.25) is 30.8 Å². The Morgan fingerprint density at radius 1 is 1.11 bits per heavy atom. The van der Waals surface area contributed by atoms with Crippen LogP contribution in [0.2, 0.25) is 10.0 Å². The van der Waals surface area contributed by atoms with Crippen LogP contribution in [0.3, 0.4) is 0 Å². The van der Waals surface area contributed by atoms with Crippen molar-refractivity contribution in [3.05, 3.63) is 61.3 Å². The number of amides is 2. The number of piperidine rings is 1. The number of carbonyl (C=O) groups is 2. The van der Waals surface area contributed by atoms with Crippen molar-refractivity contribution in [2.75, 3.05) is 26.2 Å². The molecule has 202 valence electrons. The lowest BCUT2D eigenvalue weighted by molar-refractivity contribution is -0.133. The molecule has 0 bridgehead atoms. The largest absolute Gasteiger partial charge is 0.343 e. The average Bonchev–Trinajstić information content (AvgIpc) is 3.30. The molecule has 2 unspecified atom stereocenters. The van der Waals surface area contributed by atoms with E-state index in [1.807, 2.05) is 28.1 Å². The molecule has 3 N–H and O–H groups in total. The van der Waals surface area contributed by atoms with Gasteiger partial charge in [-0.2, -0.15) is 0 Å². The summed E-state index contributed by atoms with van der Waals surface area (Å²) in [4.78, 5) is 32.4. The number of hydrogen-bond acceptors (Lipinski definition) is 4. The van der Waals surface area contributed by atoms with E-state index in [-0.39, 0.29) is 23.7 Å². The second kappa shape index (κ2) is 11.8. The maximum atomic E-state index is 13.2. The van der Waals surface area contributed by atoms with Crippen molar-refractivity contribution in [1.29, 1.82) is 5.41 Å². The van der Waals surface area contributed by atoms with Gasteiger partial charge < -0.3 is 9.80 Å². The number of guanidine groups is 1. The number of fused-ring (bicyclic) bond motifs is 2. The highest BCUT2D eigenvalue weighted by Crippen LogP contribution is 2.46. The molecule has 2 amide bonds. The van der Waals surface area contributed by atoms with E-state index in [0.717, 1.165) is 47.8 Å². The lowest BCUT2D eigenvalue weighted by Gasteiger charge is -2.37. The van der Waals surface area contributed by atoms with Crippen LogP contribution >= 0.6 is 39.1 Å². The van der Waals surface area contributed by atoms with Crippen molar-refractivity contribution in [1.82, 2.24) is 25.6 Å². The minimum Gasteiger partial charge on any atom is -0.343 e. The van der Waals surface area contributed by atoms with E-state index in [4.69, 9.17) is 33.6 Å². The lowest BCUT2D eigenvalue weighted by atomic mass is 9.76. The number of benzene rings is 1. The van der Waals surface area contributed by atoms with Gasteiger partial charge in [-0.05, 0) is 94.8 Å². The molecular weight excluding hydrogens is 591 g/mol. The first-order valence-electron chi connectivity index (χ1n) is 13.0. The first-order chi connectivity index (χ1) is 18.3. The van der Waals surface area contributed by atoms with Gasteiger partial charge in [0.1, 0.15) is 0 Å². The molecule has 3 heterocycles. The van der Waals surface area contributed by atoms with Crippen LogP contribution in [0.5, 0.6) is 0 Å². The Kier molecular flexibility index (Phi) is 8.45. The summed E-state index contributed by atoms with van der Waals surface area (Å²) in [6.45, 7) is 2.75. The van der Waals surface area contributed by atoms with Gasteiger partial charge in [-0.15, -0.1) is 0 Å². The summed E-state index contributed by atoms with van der Waals surface area (Å²) < 4.78 is 0.974. The normalized spacial score (nSPS) is 21.3. The number of nitrogens with one attached hydrogen (secondary N) is 3. The highest BCUT2D eigenvalue weighted by atomic mass is 79.9. The number of pyridine rings is 1. The predicted octanol–water partition coefficient (Wildman–Crippen LogP) is 4.52. The predicted molar refractivity (Wildman–Crippen MR) is 151 cm³/mol. The Morgan fingerprint density at radius 3 is 2.61 bits per heavy atom. The molecule has 38 heavy (non-hydrogen) atoms. The molecule has 1 aromatic heterocycles. The second-order valence-corrected chi connectivity index (χ2v) is 12.2. The Labute approximate surface area is 241 Å². The quantitative estimate of drug-likeness (QED) is 0.197. The van der Waals surface area contributed by atoms with Crippen LogP contribution in [0.25, 0.3) is 0 Å². The minimum absolute atomic E-state index is 0.0690. The number of likely N-dealkylation sites (tertiary alicyclic amines) is 2. The molecule has 2 fully saturated rings. The zero-order chi connectivity index (χ0) is 26.8. The molecule has 1 aromatic carbocycles. The number of aryl methyl sites for hydroxylation is 2. The van der Waals surface area contributed by atoms with Crippen LogP contribution in [0.1, 0.15) is 54.0 Å². The maximum absolute atomic E-state index is 13.2. The van der Waals surface area contributed by atoms with Gasteiger partial charge in [0.2, 0.25) is 18.3 Å². The Bertz CT molecular complexity index is 1240. The van der Waals surface area contributed by atoms with Gasteiger partial charge in [0.05, 0.1) is 5.69 Å². The fourth-order valence-electron chi connectivity index (χ4n) is 6.27. The average molecular weight is 622 g/mol. The summed E-state index contributed by atoms with van der Waals surface area (Å²) in [5.41, 5.74) is 9.50. The zero-order valence-electron chi connectivity index (χ0n) is 21.0. The van der Waals surface area contributed by atoms with Crippen LogP contribution < -0.4 is 10.9 Å². The van der Waals surface area contributed by atoms with Crippen molar-refractivity contribution in [3.8, 4) is 0 Å². The van der Waals surface area contributed by atoms with Crippen molar-refractivity contribution in [2.24, 2.45) is 11.8 Å². The fourth-order valence-corrected chi connectivity index (χ4v) is 7.30. The third-order valence-corrected chi connectivity index (χ3v) is 9.06. The third-order valence-electron chi connectivity index (χ3n) is 8.10. The van der Waals surface area contributed by atoms with Gasteiger partial charge in [-0.25, -0.2) is 0 Å². The first kappa shape index (κ1) is 27.2. The summed E-state index contributed by atoms with van der Waals surface area (Å²) in [5.74, 6) is 0.914. The van der Waals surface area contributed by atoms with Crippen LogP contribution in [0, 0.1) is 17.2 Å². The molecule has 2 aliphatic heterocycles. The second-order valence-electron chi connectivity index (χ2n) is 10.4. The number of aromatic nitrogens is 1. The number of rotatable bonds is 5. The molecule has 2 aromatic rings. The summed E-state index contributed by atoms with van der Waals surface area (Å²) in [5, 5.41) is 9.36. The van der Waals surface area contributed by atoms with Crippen molar-refractivity contribution in [2.45, 2.75) is 44.4 Å². The number of carbonyl (C=O) groups excluding carboxylic acids is 2. The molecule has 1 aliphatic carbocycles. The molecule has 3 aliphatic rings. The number of halogens is 3. The van der Waals surface area contributed by atoms with Crippen LogP contribution in [-0.2, 0) is 22.4 Å². The molecule has 2 atom stereocenters. The van der Waals surface area contributed by atoms with Crippen molar-refractivity contribution < 1.29 is 9.59 Å². The third kappa shape index (κ3) is 5.80. The van der Waals surface area contributed by atoms with E-state index >= 15 is 0 Å². The maximum Gasteiger partial charge on any atom is 0.225 e. The Balaban J connectivity index is 1.27. The van der Waals surface area contributed by atoms with Crippen molar-refractivity contribution >= 4 is 57.4 Å². The van der Waals surface area contributed by atoms with E-state index in [0.29, 0.717) is 55.0 Å². The summed E-state index contributed by atoms with van der Waals surface area (Å²) in [6.07, 6.45) is 7.22. The molecule has 2 saturated heterocycles. The van der Waals surface area contributed by atoms with Crippen LogP contribution in [-0.4, -0.2) is 59.2 Å². The SMILES string of the molecule is N=C(NNC=O)N1CCC(CC(=O)N2CCC(C3c4ncc(Br)cc4CCc4cc(Cl)cc(Cl)c43)CC2)C1. The number of nitrogens with zero attached hydrogens (tertiary/aromatic N) is 3. The van der Waals surface area contributed by atoms with Gasteiger partial charge in [0, 0.05) is 59.2 Å². The van der Waals surface area contributed by atoms with E-state index in [1.165, 1.54) is 11.1 Å². The summed E-state index contributed by atoms with van der Waals surface area (Å²) in [7, 11) is 0. The highest BCUT2D eigenvalue weighted by Gasteiger charge is 2.37. The first-order valence-corrected chi connectivity index (χ1v) is 14.6. The highest BCUT2D eigenvalue weighted by molar-refractivity contribution is 9.10. The Morgan fingerprint density at radius 2 is 1.84 bits per heavy atom. The standard InChI is InChI=1S/C27H31BrCl2N6O2/c28-20-10-19-2-1-18-11-21(29)12-22(30)24(18)25(26(19)32-13-20)17-4-7-35(8-5-17)23(38)9-16-3-6-36(14-16)27(31)34-33-15-37/h10-13,15-17,25H,1-9,14H2,(H2,31,34)(H,33,37). The molecule has 0 saturated carbocycles. The Hall–Kier alpha value is -2.36.